The molecular formula is C14H29N3O. The van der Waals surface area contributed by atoms with Crippen molar-refractivity contribution in [2.24, 2.45) is 5.73 Å². The Balaban J connectivity index is 2.92. The molecule has 1 aliphatic rings. The van der Waals surface area contributed by atoms with Crippen molar-refractivity contribution in [2.75, 3.05) is 14.1 Å². The molecule has 2 N–H and O–H groups in total. The van der Waals surface area contributed by atoms with Gasteiger partial charge in [-0.1, -0.05) is 12.8 Å². The van der Waals surface area contributed by atoms with Gasteiger partial charge in [-0.2, -0.15) is 0 Å². The van der Waals surface area contributed by atoms with Gasteiger partial charge in [0.25, 0.3) is 0 Å². The summed E-state index contributed by atoms with van der Waals surface area (Å²) in [6.07, 6.45) is 4.74. The van der Waals surface area contributed by atoms with Crippen molar-refractivity contribution in [1.82, 2.24) is 9.80 Å². The number of carbonyl (C=O) groups is 1. The van der Waals surface area contributed by atoms with Gasteiger partial charge in [-0.05, 0) is 47.7 Å². The van der Waals surface area contributed by atoms with Crippen LogP contribution in [0.1, 0.15) is 46.5 Å². The lowest BCUT2D eigenvalue weighted by atomic mass is 9.87. The smallest absolute Gasteiger partial charge is 0.239 e. The summed E-state index contributed by atoms with van der Waals surface area (Å²) in [7, 11) is 4.22. The van der Waals surface area contributed by atoms with Crippen molar-refractivity contribution in [1.29, 1.82) is 0 Å². The van der Waals surface area contributed by atoms with E-state index in [1.54, 1.807) is 6.92 Å². The fraction of sp³-hybridized carbons (Fsp3) is 0.929. The van der Waals surface area contributed by atoms with Gasteiger partial charge in [0.2, 0.25) is 5.91 Å². The van der Waals surface area contributed by atoms with Crippen molar-refractivity contribution in [3.8, 4) is 0 Å². The monoisotopic (exact) mass is 255 g/mol. The zero-order chi connectivity index (χ0) is 13.9. The summed E-state index contributed by atoms with van der Waals surface area (Å²) in [5.74, 6) is 0.0868. The molecule has 0 unspecified atom stereocenters. The Hall–Kier alpha value is -0.610. The third-order valence-electron chi connectivity index (χ3n) is 3.91. The van der Waals surface area contributed by atoms with Crippen LogP contribution in [0, 0.1) is 0 Å². The highest BCUT2D eigenvalue weighted by Gasteiger charge is 2.36. The number of hydrogen-bond acceptors (Lipinski definition) is 3. The molecule has 1 rings (SSSR count). The minimum atomic E-state index is -0.405. The number of likely N-dealkylation sites (N-methyl/N-ethyl adjacent to an activating group) is 1. The quantitative estimate of drug-likeness (QED) is 0.827. The zero-order valence-electron chi connectivity index (χ0n) is 12.5. The number of rotatable bonds is 4. The van der Waals surface area contributed by atoms with Crippen LogP contribution in [0.15, 0.2) is 0 Å². The molecule has 0 spiro atoms. The molecule has 106 valence electrons. The standard InChI is InChI=1S/C14H29N3O/c1-10(2)17(14(18)11(3)15)13-9-7-6-8-12(13)16(4)5/h10-13H,6-9,15H2,1-5H3/t11-,12-,13-/m0/s1. The second-order valence-corrected chi connectivity index (χ2v) is 6.01. The van der Waals surface area contributed by atoms with E-state index in [0.717, 1.165) is 6.42 Å². The van der Waals surface area contributed by atoms with Gasteiger partial charge in [-0.25, -0.2) is 0 Å². The van der Waals surface area contributed by atoms with E-state index in [-0.39, 0.29) is 11.9 Å². The lowest BCUT2D eigenvalue weighted by molar-refractivity contribution is -0.139. The lowest BCUT2D eigenvalue weighted by Crippen LogP contribution is -2.58. The average Bonchev–Trinajstić information content (AvgIpc) is 2.28. The van der Waals surface area contributed by atoms with Crippen molar-refractivity contribution in [2.45, 2.75) is 70.6 Å². The Kier molecular flexibility index (Phi) is 5.60. The predicted molar refractivity (Wildman–Crippen MR) is 75.4 cm³/mol. The molecule has 1 aliphatic carbocycles. The summed E-state index contributed by atoms with van der Waals surface area (Å²) in [4.78, 5) is 16.6. The summed E-state index contributed by atoms with van der Waals surface area (Å²) in [6, 6.07) is 0.585. The molecule has 0 aromatic heterocycles. The molecular weight excluding hydrogens is 226 g/mol. The van der Waals surface area contributed by atoms with Crippen LogP contribution >= 0.6 is 0 Å². The zero-order valence-corrected chi connectivity index (χ0v) is 12.5. The third kappa shape index (κ3) is 3.45. The van der Waals surface area contributed by atoms with Crippen molar-refractivity contribution in [3.63, 3.8) is 0 Å². The Morgan fingerprint density at radius 3 is 2.00 bits per heavy atom. The largest absolute Gasteiger partial charge is 0.334 e. The molecule has 1 saturated carbocycles. The SMILES string of the molecule is CC(C)N(C(=O)[C@H](C)N)[C@H]1CCCC[C@@H]1N(C)C. The second-order valence-electron chi connectivity index (χ2n) is 6.01. The van der Waals surface area contributed by atoms with Gasteiger partial charge in [0.1, 0.15) is 0 Å². The first kappa shape index (κ1) is 15.4. The van der Waals surface area contributed by atoms with Crippen LogP contribution in [0.5, 0.6) is 0 Å². The summed E-state index contributed by atoms with van der Waals surface area (Å²) in [6.45, 7) is 5.95. The third-order valence-corrected chi connectivity index (χ3v) is 3.91. The van der Waals surface area contributed by atoms with Crippen molar-refractivity contribution >= 4 is 5.91 Å². The highest BCUT2D eigenvalue weighted by atomic mass is 16.2. The Bertz CT molecular complexity index is 276. The van der Waals surface area contributed by atoms with E-state index in [2.05, 4.69) is 32.8 Å². The maximum atomic E-state index is 12.3. The normalized spacial score (nSPS) is 26.4. The molecule has 1 amide bonds. The molecule has 0 aromatic rings. The molecule has 4 heteroatoms. The highest BCUT2D eigenvalue weighted by Crippen LogP contribution is 2.27. The predicted octanol–water partition coefficient (Wildman–Crippen LogP) is 1.44. The minimum Gasteiger partial charge on any atom is -0.334 e. The van der Waals surface area contributed by atoms with Gasteiger partial charge in [-0.15, -0.1) is 0 Å². The first-order valence-corrected chi connectivity index (χ1v) is 7.10. The lowest BCUT2D eigenvalue weighted by Gasteiger charge is -2.45. The molecule has 4 nitrogen and oxygen atoms in total. The van der Waals surface area contributed by atoms with Crippen LogP contribution in [-0.2, 0) is 4.79 Å². The van der Waals surface area contributed by atoms with Crippen LogP contribution in [0.3, 0.4) is 0 Å². The first-order chi connectivity index (χ1) is 8.36. The molecule has 0 radical (unpaired) electrons. The summed E-state index contributed by atoms with van der Waals surface area (Å²) < 4.78 is 0. The van der Waals surface area contributed by atoms with E-state index in [1.165, 1.54) is 19.3 Å². The van der Waals surface area contributed by atoms with Gasteiger partial charge < -0.3 is 15.5 Å². The fourth-order valence-electron chi connectivity index (χ4n) is 3.05. The van der Waals surface area contributed by atoms with E-state index in [1.807, 2.05) is 4.90 Å². The van der Waals surface area contributed by atoms with Crippen molar-refractivity contribution < 1.29 is 4.79 Å². The van der Waals surface area contributed by atoms with Gasteiger partial charge in [0.15, 0.2) is 0 Å². The Labute approximate surface area is 111 Å². The molecule has 18 heavy (non-hydrogen) atoms. The van der Waals surface area contributed by atoms with E-state index < -0.39 is 6.04 Å². The van der Waals surface area contributed by atoms with E-state index in [9.17, 15) is 4.79 Å². The van der Waals surface area contributed by atoms with Crippen LogP contribution < -0.4 is 5.73 Å². The van der Waals surface area contributed by atoms with Crippen LogP contribution in [0.25, 0.3) is 0 Å². The van der Waals surface area contributed by atoms with Crippen LogP contribution in [0.4, 0.5) is 0 Å². The van der Waals surface area contributed by atoms with Crippen LogP contribution in [-0.4, -0.2) is 54.0 Å². The van der Waals surface area contributed by atoms with Gasteiger partial charge >= 0.3 is 0 Å². The van der Waals surface area contributed by atoms with Gasteiger partial charge in [0.05, 0.1) is 6.04 Å². The summed E-state index contributed by atoms with van der Waals surface area (Å²) >= 11 is 0. The number of hydrogen-bond donors (Lipinski definition) is 1. The molecule has 0 heterocycles. The summed E-state index contributed by atoms with van der Waals surface area (Å²) in [5, 5.41) is 0. The van der Waals surface area contributed by atoms with E-state index in [4.69, 9.17) is 5.73 Å². The van der Waals surface area contributed by atoms with Gasteiger partial charge in [-0.3, -0.25) is 4.79 Å². The second kappa shape index (κ2) is 6.53. The highest BCUT2D eigenvalue weighted by molar-refractivity contribution is 5.81. The number of nitrogens with two attached hydrogens (primary N) is 1. The Morgan fingerprint density at radius 1 is 1.11 bits per heavy atom. The molecule has 0 bridgehead atoms. The molecule has 0 aromatic carbocycles. The van der Waals surface area contributed by atoms with E-state index in [0.29, 0.717) is 12.1 Å². The number of amides is 1. The maximum absolute atomic E-state index is 12.3. The summed E-state index contributed by atoms with van der Waals surface area (Å²) in [5.41, 5.74) is 5.80. The topological polar surface area (TPSA) is 49.6 Å². The maximum Gasteiger partial charge on any atom is 0.239 e. The Morgan fingerprint density at radius 2 is 1.61 bits per heavy atom. The molecule has 3 atom stereocenters. The first-order valence-electron chi connectivity index (χ1n) is 7.10. The fourth-order valence-corrected chi connectivity index (χ4v) is 3.05. The van der Waals surface area contributed by atoms with Crippen LogP contribution in [0.2, 0.25) is 0 Å². The molecule has 0 saturated heterocycles. The van der Waals surface area contributed by atoms with Crippen molar-refractivity contribution in [3.05, 3.63) is 0 Å². The number of nitrogens with zero attached hydrogens (tertiary/aromatic N) is 2. The molecule has 1 fully saturated rings. The average molecular weight is 255 g/mol. The van der Waals surface area contributed by atoms with Gasteiger partial charge in [0, 0.05) is 18.1 Å². The number of carbonyl (C=O) groups excluding carboxylic acids is 1. The van der Waals surface area contributed by atoms with E-state index >= 15 is 0 Å². The minimum absolute atomic E-state index is 0.0868. The molecule has 0 aliphatic heterocycles.